The number of hydrogen-bond donors (Lipinski definition) is 0. The van der Waals surface area contributed by atoms with Crippen molar-refractivity contribution in [2.45, 2.75) is 6.18 Å². The molecule has 0 N–H and O–H groups in total. The fourth-order valence-corrected chi connectivity index (χ4v) is 0.840. The molecule has 0 atom stereocenters. The summed E-state index contributed by atoms with van der Waals surface area (Å²) in [5, 5.41) is 8.13. The molecule has 0 spiro atoms. The first-order chi connectivity index (χ1) is 6.54. The van der Waals surface area contributed by atoms with E-state index in [1.54, 1.807) is 6.07 Å². The molecule has 0 bridgehead atoms. The first-order valence-corrected chi connectivity index (χ1v) is 3.63. The monoisotopic (exact) mass is 198 g/mol. The van der Waals surface area contributed by atoms with Gasteiger partial charge in [0.25, 0.3) is 0 Å². The average Bonchev–Trinajstić information content (AvgIpc) is 2.14. The van der Waals surface area contributed by atoms with Gasteiger partial charge >= 0.3 is 6.18 Å². The van der Waals surface area contributed by atoms with Gasteiger partial charge in [-0.05, 0) is 24.3 Å². The van der Waals surface area contributed by atoms with E-state index >= 15 is 0 Å². The van der Waals surface area contributed by atoms with Crippen molar-refractivity contribution in [2.75, 3.05) is 0 Å². The first-order valence-electron chi connectivity index (χ1n) is 3.63. The molecule has 5 heteroatoms. The van der Waals surface area contributed by atoms with E-state index in [9.17, 15) is 13.2 Å². The van der Waals surface area contributed by atoms with Crippen molar-refractivity contribution in [1.82, 2.24) is 0 Å². The second kappa shape index (κ2) is 3.92. The van der Waals surface area contributed by atoms with Crippen molar-refractivity contribution in [2.24, 2.45) is 4.99 Å². The largest absolute Gasteiger partial charge is 0.416 e. The Bertz CT molecular complexity index is 371. The number of aliphatic imine (C=N–C) groups is 1. The van der Waals surface area contributed by atoms with Crippen LogP contribution in [0.5, 0.6) is 0 Å². The van der Waals surface area contributed by atoms with Gasteiger partial charge in [0.05, 0.1) is 11.3 Å². The fraction of sp³-hybridized carbons (Fsp3) is 0.111. The Kier molecular flexibility index (Phi) is 2.87. The Morgan fingerprint density at radius 3 is 2.21 bits per heavy atom. The lowest BCUT2D eigenvalue weighted by atomic mass is 10.2. The molecule has 0 aliphatic carbocycles. The van der Waals surface area contributed by atoms with Crippen LogP contribution in [-0.4, -0.2) is 6.21 Å². The number of alkyl halides is 3. The maximum Gasteiger partial charge on any atom is 0.416 e. The molecule has 0 radical (unpaired) electrons. The molecule has 1 rings (SSSR count). The van der Waals surface area contributed by atoms with Crippen LogP contribution in [0.25, 0.3) is 0 Å². The van der Waals surface area contributed by atoms with Gasteiger partial charge in [0.15, 0.2) is 0 Å². The maximum absolute atomic E-state index is 12.1. The van der Waals surface area contributed by atoms with Crippen LogP contribution >= 0.6 is 0 Å². The van der Waals surface area contributed by atoms with Crippen LogP contribution in [0.2, 0.25) is 0 Å². The van der Waals surface area contributed by atoms with Gasteiger partial charge in [0, 0.05) is 0 Å². The summed E-state index contributed by atoms with van der Waals surface area (Å²) < 4.78 is 36.2. The van der Waals surface area contributed by atoms with Crippen LogP contribution in [0.15, 0.2) is 29.3 Å². The van der Waals surface area contributed by atoms with Crippen molar-refractivity contribution in [1.29, 1.82) is 5.26 Å². The third kappa shape index (κ3) is 2.59. The highest BCUT2D eigenvalue weighted by Crippen LogP contribution is 2.30. The lowest BCUT2D eigenvalue weighted by Crippen LogP contribution is -2.03. The summed E-state index contributed by atoms with van der Waals surface area (Å²) >= 11 is 0. The SMILES string of the molecule is N#CC=Nc1ccc(C(F)(F)F)cc1. The molecule has 0 heterocycles. The summed E-state index contributed by atoms with van der Waals surface area (Å²) in [7, 11) is 0. The molecular formula is C9H5F3N2. The van der Waals surface area contributed by atoms with Crippen LogP contribution in [-0.2, 0) is 6.18 Å². The smallest absolute Gasteiger partial charge is 0.246 e. The molecule has 0 unspecified atom stereocenters. The third-order valence-electron chi connectivity index (χ3n) is 1.47. The summed E-state index contributed by atoms with van der Waals surface area (Å²) in [6.07, 6.45) is -3.37. The van der Waals surface area contributed by atoms with E-state index in [1.165, 1.54) is 12.1 Å². The lowest BCUT2D eigenvalue weighted by Gasteiger charge is -2.05. The van der Waals surface area contributed by atoms with E-state index in [4.69, 9.17) is 5.26 Å². The van der Waals surface area contributed by atoms with Crippen molar-refractivity contribution < 1.29 is 13.2 Å². The van der Waals surface area contributed by atoms with E-state index < -0.39 is 11.7 Å². The highest BCUT2D eigenvalue weighted by Gasteiger charge is 2.29. The number of benzene rings is 1. The summed E-state index contributed by atoms with van der Waals surface area (Å²) in [4.78, 5) is 3.59. The zero-order chi connectivity index (χ0) is 10.6. The summed E-state index contributed by atoms with van der Waals surface area (Å²) in [5.74, 6) is 0. The van der Waals surface area contributed by atoms with E-state index in [0.717, 1.165) is 18.3 Å². The number of nitriles is 1. The molecular weight excluding hydrogens is 193 g/mol. The van der Waals surface area contributed by atoms with E-state index in [2.05, 4.69) is 4.99 Å². The van der Waals surface area contributed by atoms with E-state index in [0.29, 0.717) is 5.69 Å². The fourth-order valence-electron chi connectivity index (χ4n) is 0.840. The second-order valence-corrected chi connectivity index (χ2v) is 2.43. The molecule has 72 valence electrons. The highest BCUT2D eigenvalue weighted by atomic mass is 19.4. The molecule has 0 aliphatic rings. The van der Waals surface area contributed by atoms with Gasteiger partial charge in [0.1, 0.15) is 12.3 Å². The Hall–Kier alpha value is -1.83. The van der Waals surface area contributed by atoms with Crippen molar-refractivity contribution >= 4 is 11.9 Å². The van der Waals surface area contributed by atoms with Crippen molar-refractivity contribution in [3.05, 3.63) is 29.8 Å². The molecule has 0 amide bonds. The molecule has 0 saturated heterocycles. The minimum Gasteiger partial charge on any atom is -0.246 e. The normalized spacial score (nSPS) is 11.6. The van der Waals surface area contributed by atoms with Crippen LogP contribution in [0.4, 0.5) is 18.9 Å². The predicted molar refractivity (Wildman–Crippen MR) is 45.2 cm³/mol. The number of halogens is 3. The van der Waals surface area contributed by atoms with Crippen molar-refractivity contribution in [3.63, 3.8) is 0 Å². The Morgan fingerprint density at radius 1 is 1.21 bits per heavy atom. The minimum absolute atomic E-state index is 0.319. The molecule has 1 aromatic rings. The standard InChI is InChI=1S/C9H5F3N2/c10-9(11,12)7-1-3-8(4-2-7)14-6-5-13/h1-4,6H. The lowest BCUT2D eigenvalue weighted by molar-refractivity contribution is -0.137. The molecule has 0 aliphatic heterocycles. The van der Waals surface area contributed by atoms with Gasteiger partial charge in [-0.1, -0.05) is 0 Å². The van der Waals surface area contributed by atoms with Crippen LogP contribution in [0.3, 0.4) is 0 Å². The molecule has 0 aromatic heterocycles. The van der Waals surface area contributed by atoms with Crippen molar-refractivity contribution in [3.8, 4) is 6.07 Å². The molecule has 2 nitrogen and oxygen atoms in total. The van der Waals surface area contributed by atoms with Gasteiger partial charge in [0.2, 0.25) is 0 Å². The Morgan fingerprint density at radius 2 is 1.79 bits per heavy atom. The molecule has 1 aromatic carbocycles. The molecule has 0 saturated carbocycles. The summed E-state index contributed by atoms with van der Waals surface area (Å²) in [5.41, 5.74) is -0.409. The van der Waals surface area contributed by atoms with Gasteiger partial charge in [-0.3, -0.25) is 0 Å². The van der Waals surface area contributed by atoms with Gasteiger partial charge in [-0.25, -0.2) is 4.99 Å². The Labute approximate surface area is 78.3 Å². The Balaban J connectivity index is 2.91. The number of nitrogens with zero attached hydrogens (tertiary/aromatic N) is 2. The van der Waals surface area contributed by atoms with E-state index in [1.807, 2.05) is 0 Å². The molecule has 0 fully saturated rings. The zero-order valence-electron chi connectivity index (χ0n) is 6.92. The second-order valence-electron chi connectivity index (χ2n) is 2.43. The molecule has 14 heavy (non-hydrogen) atoms. The minimum atomic E-state index is -4.34. The topological polar surface area (TPSA) is 36.1 Å². The van der Waals surface area contributed by atoms with E-state index in [-0.39, 0.29) is 0 Å². The first kappa shape index (κ1) is 10.3. The summed E-state index contributed by atoms with van der Waals surface area (Å²) in [6.45, 7) is 0. The maximum atomic E-state index is 12.1. The van der Waals surface area contributed by atoms with Gasteiger partial charge < -0.3 is 0 Å². The van der Waals surface area contributed by atoms with Gasteiger partial charge in [-0.2, -0.15) is 18.4 Å². The number of rotatable bonds is 1. The van der Waals surface area contributed by atoms with Crippen LogP contribution < -0.4 is 0 Å². The van der Waals surface area contributed by atoms with Crippen LogP contribution in [0.1, 0.15) is 5.56 Å². The average molecular weight is 198 g/mol. The highest BCUT2D eigenvalue weighted by molar-refractivity contribution is 5.77. The number of hydrogen-bond acceptors (Lipinski definition) is 2. The zero-order valence-corrected chi connectivity index (χ0v) is 6.92. The quantitative estimate of drug-likeness (QED) is 0.639. The third-order valence-corrected chi connectivity index (χ3v) is 1.47. The van der Waals surface area contributed by atoms with Gasteiger partial charge in [-0.15, -0.1) is 0 Å². The summed E-state index contributed by atoms with van der Waals surface area (Å²) in [6, 6.07) is 5.90. The van der Waals surface area contributed by atoms with Crippen LogP contribution in [0, 0.1) is 11.3 Å². The predicted octanol–water partition coefficient (Wildman–Crippen LogP) is 2.93.